The SMILES string of the molecule is O=c1[nH]c2c(s1)[C@H](c1ccc(N3N=C(c4ccccc4)C[C@@H]3c3ccccc3)cc1)[C@H]1[C@H]3CC[C@@H](C3)[C@@H]1S2. The number of fused-ring (bicyclic) bond motifs is 6. The van der Waals surface area contributed by atoms with Crippen LogP contribution in [0.5, 0.6) is 0 Å². The zero-order valence-electron chi connectivity index (χ0n) is 21.0. The van der Waals surface area contributed by atoms with E-state index >= 15 is 0 Å². The molecule has 4 nitrogen and oxygen atoms in total. The lowest BCUT2D eigenvalue weighted by Gasteiger charge is -2.40. The van der Waals surface area contributed by atoms with E-state index in [9.17, 15) is 4.79 Å². The molecule has 0 saturated heterocycles. The summed E-state index contributed by atoms with van der Waals surface area (Å²) in [4.78, 5) is 16.9. The van der Waals surface area contributed by atoms with Crippen LogP contribution in [0.2, 0.25) is 0 Å². The van der Waals surface area contributed by atoms with Crippen molar-refractivity contribution in [1.82, 2.24) is 4.98 Å². The molecule has 3 aromatic carbocycles. The number of anilines is 1. The maximum absolute atomic E-state index is 12.4. The molecule has 190 valence electrons. The summed E-state index contributed by atoms with van der Waals surface area (Å²) >= 11 is 3.39. The number of hydrazone groups is 1. The van der Waals surface area contributed by atoms with E-state index in [1.165, 1.54) is 52.2 Å². The zero-order valence-corrected chi connectivity index (χ0v) is 22.6. The molecule has 6 heteroatoms. The van der Waals surface area contributed by atoms with Crippen molar-refractivity contribution in [3.8, 4) is 0 Å². The van der Waals surface area contributed by atoms with Gasteiger partial charge in [-0.2, -0.15) is 5.10 Å². The number of aromatic amines is 1. The summed E-state index contributed by atoms with van der Waals surface area (Å²) in [6, 6.07) is 30.5. The Morgan fingerprint density at radius 2 is 1.58 bits per heavy atom. The molecule has 3 heterocycles. The highest BCUT2D eigenvalue weighted by Crippen LogP contribution is 2.63. The molecule has 0 unspecified atom stereocenters. The van der Waals surface area contributed by atoms with Crippen LogP contribution < -0.4 is 9.88 Å². The summed E-state index contributed by atoms with van der Waals surface area (Å²) in [5, 5.41) is 9.12. The minimum atomic E-state index is 0.0852. The highest BCUT2D eigenvalue weighted by atomic mass is 32.2. The van der Waals surface area contributed by atoms with E-state index in [1.54, 1.807) is 0 Å². The van der Waals surface area contributed by atoms with Gasteiger partial charge in [0, 0.05) is 22.5 Å². The van der Waals surface area contributed by atoms with Gasteiger partial charge in [0.1, 0.15) is 0 Å². The second kappa shape index (κ2) is 8.99. The fraction of sp³-hybridized carbons (Fsp3) is 0.312. The lowest BCUT2D eigenvalue weighted by atomic mass is 9.75. The van der Waals surface area contributed by atoms with Crippen LogP contribution >= 0.6 is 23.1 Å². The summed E-state index contributed by atoms with van der Waals surface area (Å²) in [6.45, 7) is 0. The van der Waals surface area contributed by atoms with Gasteiger partial charge in [0.2, 0.25) is 0 Å². The lowest BCUT2D eigenvalue weighted by molar-refractivity contribution is 0.307. The Hall–Kier alpha value is -3.09. The molecule has 8 rings (SSSR count). The zero-order chi connectivity index (χ0) is 25.2. The minimum absolute atomic E-state index is 0.0852. The van der Waals surface area contributed by atoms with E-state index in [4.69, 9.17) is 5.10 Å². The summed E-state index contributed by atoms with van der Waals surface area (Å²) in [5.74, 6) is 2.54. The van der Waals surface area contributed by atoms with Crippen LogP contribution in [-0.2, 0) is 0 Å². The third-order valence-electron chi connectivity index (χ3n) is 9.18. The largest absolute Gasteiger partial charge is 0.307 e. The van der Waals surface area contributed by atoms with Crippen LogP contribution in [0.3, 0.4) is 0 Å². The van der Waals surface area contributed by atoms with E-state index in [0.717, 1.165) is 34.7 Å². The van der Waals surface area contributed by atoms with Crippen LogP contribution in [0, 0.1) is 17.8 Å². The molecule has 4 aliphatic rings. The molecule has 6 atom stereocenters. The number of thiazole rings is 1. The molecule has 2 bridgehead atoms. The molecule has 38 heavy (non-hydrogen) atoms. The van der Waals surface area contributed by atoms with Crippen molar-refractivity contribution in [3.05, 3.63) is 116 Å². The normalized spacial score (nSPS) is 29.3. The Balaban J connectivity index is 1.17. The van der Waals surface area contributed by atoms with Crippen LogP contribution in [-0.4, -0.2) is 15.9 Å². The molecule has 1 N–H and O–H groups in total. The third kappa shape index (κ3) is 3.64. The number of rotatable bonds is 4. The van der Waals surface area contributed by atoms with Gasteiger partial charge in [-0.25, -0.2) is 0 Å². The highest BCUT2D eigenvalue weighted by Gasteiger charge is 2.54. The van der Waals surface area contributed by atoms with Gasteiger partial charge in [-0.15, -0.1) is 11.8 Å². The molecule has 1 aromatic heterocycles. The first kappa shape index (κ1) is 22.9. The fourth-order valence-corrected chi connectivity index (χ4v) is 10.4. The Labute approximate surface area is 230 Å². The van der Waals surface area contributed by atoms with Crippen molar-refractivity contribution in [2.24, 2.45) is 22.9 Å². The number of hydrogen-bond donors (Lipinski definition) is 1. The van der Waals surface area contributed by atoms with E-state index in [-0.39, 0.29) is 10.9 Å². The van der Waals surface area contributed by atoms with Crippen LogP contribution in [0.15, 0.2) is 99.9 Å². The van der Waals surface area contributed by atoms with Crippen molar-refractivity contribution in [3.63, 3.8) is 0 Å². The molecular formula is C32H29N3OS2. The Morgan fingerprint density at radius 3 is 2.37 bits per heavy atom. The minimum Gasteiger partial charge on any atom is -0.307 e. The van der Waals surface area contributed by atoms with E-state index < -0.39 is 0 Å². The van der Waals surface area contributed by atoms with Gasteiger partial charge in [-0.05, 0) is 65.8 Å². The van der Waals surface area contributed by atoms with Crippen molar-refractivity contribution < 1.29 is 0 Å². The topological polar surface area (TPSA) is 48.5 Å². The van der Waals surface area contributed by atoms with Gasteiger partial charge >= 0.3 is 4.87 Å². The molecule has 2 aliphatic carbocycles. The van der Waals surface area contributed by atoms with Crippen LogP contribution in [0.4, 0.5) is 5.69 Å². The molecule has 0 radical (unpaired) electrons. The summed E-state index contributed by atoms with van der Waals surface area (Å²) < 4.78 is 0. The second-order valence-corrected chi connectivity index (χ2v) is 13.4. The number of aromatic nitrogens is 1. The van der Waals surface area contributed by atoms with Gasteiger partial charge in [0.15, 0.2) is 0 Å². The third-order valence-corrected chi connectivity index (χ3v) is 11.8. The molecule has 2 saturated carbocycles. The van der Waals surface area contributed by atoms with Gasteiger partial charge in [0.25, 0.3) is 0 Å². The molecule has 4 aromatic rings. The maximum atomic E-state index is 12.4. The Morgan fingerprint density at radius 1 is 0.842 bits per heavy atom. The highest BCUT2D eigenvalue weighted by molar-refractivity contribution is 8.00. The average Bonchev–Trinajstić information content (AvgIpc) is 3.76. The summed E-state index contributed by atoms with van der Waals surface area (Å²) in [6.07, 6.45) is 4.94. The van der Waals surface area contributed by atoms with Crippen LogP contribution in [0.1, 0.15) is 59.2 Å². The van der Waals surface area contributed by atoms with Gasteiger partial charge < -0.3 is 4.98 Å². The monoisotopic (exact) mass is 535 g/mol. The van der Waals surface area contributed by atoms with Crippen molar-refractivity contribution in [1.29, 1.82) is 0 Å². The first-order valence-corrected chi connectivity index (χ1v) is 15.4. The van der Waals surface area contributed by atoms with E-state index in [0.29, 0.717) is 17.1 Å². The standard InChI is InChI=1S/C32H29N3OS2/c36-32-33-31-30(38-32)27(28-22-11-12-23(17-22)29(28)37-31)21-13-15-24(16-14-21)35-26(20-9-5-2-6-10-20)18-25(34-35)19-7-3-1-4-8-19/h1-10,13-16,22-23,26-29H,11-12,17-18H2,(H,33,36)/t22-,23-,26+,27+,28+,29-/m0/s1. The maximum Gasteiger partial charge on any atom is 0.305 e. The molecule has 0 amide bonds. The van der Waals surface area contributed by atoms with Gasteiger partial charge in [-0.3, -0.25) is 9.80 Å². The first-order chi connectivity index (χ1) is 18.7. The number of H-pyrrole nitrogens is 1. The van der Waals surface area contributed by atoms with Crippen molar-refractivity contribution in [2.75, 3.05) is 5.01 Å². The summed E-state index contributed by atoms with van der Waals surface area (Å²) in [7, 11) is 0. The fourth-order valence-electron chi connectivity index (χ4n) is 7.55. The van der Waals surface area contributed by atoms with Crippen molar-refractivity contribution >= 4 is 34.5 Å². The van der Waals surface area contributed by atoms with Crippen LogP contribution in [0.25, 0.3) is 0 Å². The van der Waals surface area contributed by atoms with Gasteiger partial charge in [0.05, 0.1) is 22.5 Å². The predicted octanol–water partition coefficient (Wildman–Crippen LogP) is 7.44. The predicted molar refractivity (Wildman–Crippen MR) is 156 cm³/mol. The van der Waals surface area contributed by atoms with Gasteiger partial charge in [-0.1, -0.05) is 84.1 Å². The summed E-state index contributed by atoms with van der Waals surface area (Å²) in [5.41, 5.74) is 6.05. The quantitative estimate of drug-likeness (QED) is 0.295. The number of thioether (sulfide) groups is 1. The Bertz CT molecular complexity index is 1560. The number of nitrogens with zero attached hydrogens (tertiary/aromatic N) is 2. The number of nitrogens with one attached hydrogen (secondary N) is 1. The van der Waals surface area contributed by atoms with E-state index in [2.05, 4.69) is 94.9 Å². The number of hydrogen-bond acceptors (Lipinski definition) is 5. The Kier molecular flexibility index (Phi) is 5.41. The molecule has 0 spiro atoms. The average molecular weight is 536 g/mol. The molecule has 2 aliphatic heterocycles. The second-order valence-electron chi connectivity index (χ2n) is 11.2. The lowest BCUT2D eigenvalue weighted by Crippen LogP contribution is -2.33. The first-order valence-electron chi connectivity index (χ1n) is 13.7. The van der Waals surface area contributed by atoms with E-state index in [1.807, 2.05) is 11.8 Å². The van der Waals surface area contributed by atoms with Crippen molar-refractivity contribution in [2.45, 2.75) is 47.9 Å². The molecular weight excluding hydrogens is 507 g/mol. The smallest absolute Gasteiger partial charge is 0.305 e. The molecule has 2 fully saturated rings. The number of benzene rings is 3.